The summed E-state index contributed by atoms with van der Waals surface area (Å²) in [6.07, 6.45) is 7.66. The Hall–Kier alpha value is -1.10. The Kier molecular flexibility index (Phi) is 5.83. The molecule has 1 aliphatic carbocycles. The van der Waals surface area contributed by atoms with Gasteiger partial charge in [-0.3, -0.25) is 0 Å². The van der Waals surface area contributed by atoms with Gasteiger partial charge in [-0.05, 0) is 26.2 Å². The van der Waals surface area contributed by atoms with Crippen LogP contribution >= 0.6 is 11.8 Å². The molecule has 0 amide bonds. The van der Waals surface area contributed by atoms with Crippen molar-refractivity contribution in [3.63, 3.8) is 0 Å². The average molecular weight is 294 g/mol. The molecule has 1 aromatic rings. The summed E-state index contributed by atoms with van der Waals surface area (Å²) in [6, 6.07) is 0. The lowest BCUT2D eigenvalue weighted by Crippen LogP contribution is -2.12. The fraction of sp³-hybridized carbons (Fsp3) is 0.667. The molecule has 0 bridgehead atoms. The zero-order valence-electron chi connectivity index (χ0n) is 12.2. The average Bonchev–Trinajstić information content (AvgIpc) is 2.98. The molecular formula is C15H22N2O2S. The van der Waals surface area contributed by atoms with Crippen molar-refractivity contribution in [1.82, 2.24) is 9.97 Å². The van der Waals surface area contributed by atoms with E-state index in [2.05, 4.69) is 9.97 Å². The minimum atomic E-state index is -0.320. The van der Waals surface area contributed by atoms with Crippen LogP contribution in [0.4, 0.5) is 0 Å². The van der Waals surface area contributed by atoms with Crippen LogP contribution in [0.2, 0.25) is 0 Å². The Balaban J connectivity index is 2.02. The summed E-state index contributed by atoms with van der Waals surface area (Å²) in [7, 11) is 0. The van der Waals surface area contributed by atoms with E-state index in [1.807, 2.05) is 18.7 Å². The van der Waals surface area contributed by atoms with E-state index < -0.39 is 0 Å². The number of thioether (sulfide) groups is 1. The largest absolute Gasteiger partial charge is 0.462 e. The minimum absolute atomic E-state index is 0.320. The van der Waals surface area contributed by atoms with Crippen LogP contribution in [0.5, 0.6) is 0 Å². The summed E-state index contributed by atoms with van der Waals surface area (Å²) in [6.45, 7) is 4.18. The van der Waals surface area contributed by atoms with Gasteiger partial charge in [0.2, 0.25) is 0 Å². The number of ether oxygens (including phenoxy) is 1. The van der Waals surface area contributed by atoms with E-state index in [0.717, 1.165) is 28.9 Å². The number of nitrogens with zero attached hydrogens (tertiary/aromatic N) is 2. The maximum absolute atomic E-state index is 11.8. The van der Waals surface area contributed by atoms with Crippen molar-refractivity contribution in [3.8, 4) is 0 Å². The Morgan fingerprint density at radius 1 is 1.40 bits per heavy atom. The molecule has 20 heavy (non-hydrogen) atoms. The Bertz CT molecular complexity index is 459. The Morgan fingerprint density at radius 2 is 2.15 bits per heavy atom. The van der Waals surface area contributed by atoms with Crippen molar-refractivity contribution >= 4 is 17.7 Å². The third-order valence-electron chi connectivity index (χ3n) is 3.50. The lowest BCUT2D eigenvalue weighted by atomic mass is 10.2. The molecule has 1 saturated carbocycles. The molecule has 0 unspecified atom stereocenters. The lowest BCUT2D eigenvalue weighted by molar-refractivity contribution is 0.0524. The van der Waals surface area contributed by atoms with Crippen LogP contribution < -0.4 is 0 Å². The van der Waals surface area contributed by atoms with Gasteiger partial charge >= 0.3 is 5.97 Å². The maximum atomic E-state index is 11.8. The quantitative estimate of drug-likeness (QED) is 0.753. The van der Waals surface area contributed by atoms with E-state index in [4.69, 9.17) is 4.74 Å². The van der Waals surface area contributed by atoms with Gasteiger partial charge in [-0.15, -0.1) is 0 Å². The van der Waals surface area contributed by atoms with Crippen molar-refractivity contribution in [3.05, 3.63) is 23.3 Å². The van der Waals surface area contributed by atoms with Crippen molar-refractivity contribution in [1.29, 1.82) is 0 Å². The van der Waals surface area contributed by atoms with Crippen molar-refractivity contribution in [2.75, 3.05) is 6.61 Å². The fourth-order valence-corrected chi connectivity index (χ4v) is 3.61. The van der Waals surface area contributed by atoms with E-state index in [1.54, 1.807) is 13.1 Å². The number of rotatable bonds is 6. The van der Waals surface area contributed by atoms with Crippen molar-refractivity contribution in [2.45, 2.75) is 57.0 Å². The summed E-state index contributed by atoms with van der Waals surface area (Å²) in [5, 5.41) is 0.758. The van der Waals surface area contributed by atoms with Gasteiger partial charge in [0, 0.05) is 11.4 Å². The first-order chi connectivity index (χ1) is 9.74. The molecule has 0 aromatic carbocycles. The highest BCUT2D eigenvalue weighted by Gasteiger charge is 2.17. The third kappa shape index (κ3) is 3.95. The monoisotopic (exact) mass is 294 g/mol. The van der Waals surface area contributed by atoms with E-state index in [-0.39, 0.29) is 5.97 Å². The second-order valence-electron chi connectivity index (χ2n) is 4.94. The van der Waals surface area contributed by atoms with Gasteiger partial charge in [-0.25, -0.2) is 14.8 Å². The molecule has 0 saturated heterocycles. The summed E-state index contributed by atoms with van der Waals surface area (Å²) in [5.41, 5.74) is 1.30. The van der Waals surface area contributed by atoms with E-state index in [9.17, 15) is 4.79 Å². The van der Waals surface area contributed by atoms with Crippen LogP contribution in [0.15, 0.2) is 6.20 Å². The molecule has 1 aromatic heterocycles. The van der Waals surface area contributed by atoms with Crippen LogP contribution in [0.3, 0.4) is 0 Å². The molecular weight excluding hydrogens is 272 g/mol. The molecule has 0 spiro atoms. The number of aromatic nitrogens is 2. The normalized spacial score (nSPS) is 15.5. The van der Waals surface area contributed by atoms with Gasteiger partial charge < -0.3 is 4.74 Å². The van der Waals surface area contributed by atoms with E-state index >= 15 is 0 Å². The van der Waals surface area contributed by atoms with Crippen LogP contribution in [0.25, 0.3) is 0 Å². The smallest absolute Gasteiger partial charge is 0.341 e. The number of hydrogen-bond donors (Lipinski definition) is 0. The first-order valence-corrected chi connectivity index (χ1v) is 8.43. The van der Waals surface area contributed by atoms with Crippen molar-refractivity contribution in [2.24, 2.45) is 0 Å². The molecule has 0 N–H and O–H groups in total. The minimum Gasteiger partial charge on any atom is -0.462 e. The summed E-state index contributed by atoms with van der Waals surface area (Å²) in [5.74, 6) is 1.34. The van der Waals surface area contributed by atoms with Crippen molar-refractivity contribution < 1.29 is 9.53 Å². The first kappa shape index (κ1) is 15.3. The zero-order chi connectivity index (χ0) is 14.4. The third-order valence-corrected chi connectivity index (χ3v) is 4.87. The Labute approximate surface area is 124 Å². The molecule has 1 aliphatic rings. The van der Waals surface area contributed by atoms with Gasteiger partial charge in [-0.2, -0.15) is 11.8 Å². The van der Waals surface area contributed by atoms with Crippen LogP contribution in [-0.2, 0) is 16.9 Å². The number of aryl methyl sites for hydroxylation is 1. The summed E-state index contributed by atoms with van der Waals surface area (Å²) < 4.78 is 5.03. The molecule has 0 aliphatic heterocycles. The summed E-state index contributed by atoms with van der Waals surface area (Å²) in [4.78, 5) is 20.6. The van der Waals surface area contributed by atoms with Crippen LogP contribution in [0, 0.1) is 0 Å². The van der Waals surface area contributed by atoms with Gasteiger partial charge in [0.25, 0.3) is 0 Å². The predicted octanol–water partition coefficient (Wildman–Crippen LogP) is 3.39. The topological polar surface area (TPSA) is 52.1 Å². The molecule has 5 heteroatoms. The SMILES string of the molecule is CCOC(=O)c1cnc(CSC2CCCC2)nc1CC. The van der Waals surface area contributed by atoms with Gasteiger partial charge in [0.1, 0.15) is 5.82 Å². The standard InChI is InChI=1S/C15H22N2O2S/c1-3-13-12(15(18)19-4-2)9-16-14(17-13)10-20-11-7-5-6-8-11/h9,11H,3-8,10H2,1-2H3. The molecule has 4 nitrogen and oxygen atoms in total. The predicted molar refractivity (Wildman–Crippen MR) is 80.9 cm³/mol. The molecule has 1 heterocycles. The second-order valence-corrected chi connectivity index (χ2v) is 6.23. The molecule has 2 rings (SSSR count). The number of esters is 1. The van der Waals surface area contributed by atoms with E-state index in [1.165, 1.54) is 25.7 Å². The highest BCUT2D eigenvalue weighted by atomic mass is 32.2. The maximum Gasteiger partial charge on any atom is 0.341 e. The molecule has 110 valence electrons. The van der Waals surface area contributed by atoms with Crippen LogP contribution in [0.1, 0.15) is 61.4 Å². The number of carbonyl (C=O) groups excluding carboxylic acids is 1. The highest BCUT2D eigenvalue weighted by molar-refractivity contribution is 7.99. The number of hydrogen-bond acceptors (Lipinski definition) is 5. The van der Waals surface area contributed by atoms with Crippen LogP contribution in [-0.4, -0.2) is 27.8 Å². The lowest BCUT2D eigenvalue weighted by Gasteiger charge is -2.10. The first-order valence-electron chi connectivity index (χ1n) is 7.38. The summed E-state index contributed by atoms with van der Waals surface area (Å²) >= 11 is 1.94. The van der Waals surface area contributed by atoms with Gasteiger partial charge in [0.15, 0.2) is 0 Å². The number of carbonyl (C=O) groups is 1. The van der Waals surface area contributed by atoms with Gasteiger partial charge in [-0.1, -0.05) is 19.8 Å². The molecule has 0 atom stereocenters. The fourth-order valence-electron chi connectivity index (χ4n) is 2.42. The zero-order valence-corrected chi connectivity index (χ0v) is 13.0. The highest BCUT2D eigenvalue weighted by Crippen LogP contribution is 2.31. The second kappa shape index (κ2) is 7.62. The Morgan fingerprint density at radius 3 is 2.80 bits per heavy atom. The van der Waals surface area contributed by atoms with E-state index in [0.29, 0.717) is 12.2 Å². The molecule has 1 fully saturated rings. The molecule has 0 radical (unpaired) electrons. The van der Waals surface area contributed by atoms with Gasteiger partial charge in [0.05, 0.1) is 23.6 Å².